The number of hydrogen-bond acceptors (Lipinski definition) is 2. The smallest absolute Gasteiger partial charge is 0.423 e. The van der Waals surface area contributed by atoms with Gasteiger partial charge in [-0.1, -0.05) is 48.0 Å². The predicted molar refractivity (Wildman–Crippen MR) is 71.2 cm³/mol. The molecule has 0 unspecified atom stereocenters. The van der Waals surface area contributed by atoms with Gasteiger partial charge in [0, 0.05) is 0 Å². The molecule has 0 radical (unpaired) electrons. The molecular weight excluding hydrogens is 211 g/mol. The Labute approximate surface area is 102 Å². The molecule has 2 aromatic rings. The Kier molecular flexibility index (Phi) is 3.32. The lowest BCUT2D eigenvalue weighted by atomic mass is 9.79. The van der Waals surface area contributed by atoms with E-state index in [2.05, 4.69) is 32.0 Å². The van der Waals surface area contributed by atoms with Gasteiger partial charge in [0.15, 0.2) is 0 Å². The summed E-state index contributed by atoms with van der Waals surface area (Å²) >= 11 is 0. The van der Waals surface area contributed by atoms with Crippen molar-refractivity contribution in [2.24, 2.45) is 0 Å². The zero-order valence-corrected chi connectivity index (χ0v) is 10.0. The maximum Gasteiger partial charge on any atom is 0.488 e. The molecule has 0 spiro atoms. The minimum Gasteiger partial charge on any atom is -0.423 e. The van der Waals surface area contributed by atoms with Crippen LogP contribution in [-0.4, -0.2) is 17.2 Å². The highest BCUT2D eigenvalue weighted by molar-refractivity contribution is 6.58. The summed E-state index contributed by atoms with van der Waals surface area (Å²) < 4.78 is 0. The van der Waals surface area contributed by atoms with Gasteiger partial charge in [0.05, 0.1) is 0 Å². The Balaban J connectivity index is 2.43. The van der Waals surface area contributed by atoms with Crippen molar-refractivity contribution in [3.63, 3.8) is 0 Å². The second kappa shape index (κ2) is 4.74. The van der Waals surface area contributed by atoms with E-state index in [0.29, 0.717) is 5.46 Å². The molecule has 0 aliphatic carbocycles. The lowest BCUT2D eigenvalue weighted by molar-refractivity contribution is 0.426. The highest BCUT2D eigenvalue weighted by Crippen LogP contribution is 2.23. The summed E-state index contributed by atoms with van der Waals surface area (Å²) in [5, 5.41) is 18.1. The fourth-order valence-electron chi connectivity index (χ4n) is 1.88. The summed E-state index contributed by atoms with van der Waals surface area (Å²) in [7, 11) is -1.40. The monoisotopic (exact) mass is 226 g/mol. The van der Waals surface area contributed by atoms with Crippen LogP contribution in [0.25, 0.3) is 11.1 Å². The van der Waals surface area contributed by atoms with Crippen LogP contribution in [0.5, 0.6) is 0 Å². The summed E-state index contributed by atoms with van der Waals surface area (Å²) in [5.41, 5.74) is 5.23. The first-order valence-electron chi connectivity index (χ1n) is 5.61. The second-order valence-electron chi connectivity index (χ2n) is 4.31. The Bertz CT molecular complexity index is 518. The van der Waals surface area contributed by atoms with E-state index in [1.165, 1.54) is 16.7 Å². The largest absolute Gasteiger partial charge is 0.488 e. The van der Waals surface area contributed by atoms with Gasteiger partial charge in [0.1, 0.15) is 0 Å². The first-order valence-corrected chi connectivity index (χ1v) is 5.61. The maximum absolute atomic E-state index is 9.04. The molecule has 2 nitrogen and oxygen atoms in total. The third-order valence-corrected chi connectivity index (χ3v) is 2.91. The van der Waals surface area contributed by atoms with Crippen LogP contribution in [0, 0.1) is 13.8 Å². The fraction of sp³-hybridized carbons (Fsp3) is 0.143. The summed E-state index contributed by atoms with van der Waals surface area (Å²) in [6.07, 6.45) is 0. The van der Waals surface area contributed by atoms with Crippen LogP contribution in [0.1, 0.15) is 11.1 Å². The van der Waals surface area contributed by atoms with Crippen molar-refractivity contribution in [3.8, 4) is 11.1 Å². The fourth-order valence-corrected chi connectivity index (χ4v) is 1.88. The first-order chi connectivity index (χ1) is 8.08. The predicted octanol–water partition coefficient (Wildman–Crippen LogP) is 1.65. The lowest BCUT2D eigenvalue weighted by Crippen LogP contribution is -2.29. The number of hydrogen-bond donors (Lipinski definition) is 2. The molecule has 0 aromatic heterocycles. The van der Waals surface area contributed by atoms with E-state index >= 15 is 0 Å². The summed E-state index contributed by atoms with van der Waals surface area (Å²) in [4.78, 5) is 0. The van der Waals surface area contributed by atoms with E-state index in [-0.39, 0.29) is 0 Å². The van der Waals surface area contributed by atoms with Gasteiger partial charge >= 0.3 is 7.12 Å². The molecule has 0 aliphatic heterocycles. The van der Waals surface area contributed by atoms with Crippen molar-refractivity contribution in [3.05, 3.63) is 53.6 Å². The molecule has 0 heterocycles. The molecule has 17 heavy (non-hydrogen) atoms. The van der Waals surface area contributed by atoms with Crippen LogP contribution >= 0.6 is 0 Å². The van der Waals surface area contributed by atoms with Crippen LogP contribution < -0.4 is 5.46 Å². The van der Waals surface area contributed by atoms with Gasteiger partial charge in [-0.3, -0.25) is 0 Å². The van der Waals surface area contributed by atoms with Crippen LogP contribution in [0.3, 0.4) is 0 Å². The normalized spacial score (nSPS) is 10.4. The Morgan fingerprint density at radius 1 is 0.882 bits per heavy atom. The molecule has 0 bridgehead atoms. The average Bonchev–Trinajstić information content (AvgIpc) is 2.32. The lowest BCUT2D eigenvalue weighted by Gasteiger charge is -2.08. The van der Waals surface area contributed by atoms with E-state index in [4.69, 9.17) is 10.0 Å². The molecule has 0 aliphatic rings. The van der Waals surface area contributed by atoms with Gasteiger partial charge in [0.25, 0.3) is 0 Å². The van der Waals surface area contributed by atoms with Crippen molar-refractivity contribution >= 4 is 12.6 Å². The number of rotatable bonds is 2. The third-order valence-electron chi connectivity index (χ3n) is 2.91. The minimum absolute atomic E-state index is 0.513. The van der Waals surface area contributed by atoms with Gasteiger partial charge in [-0.05, 0) is 36.0 Å². The van der Waals surface area contributed by atoms with Gasteiger partial charge < -0.3 is 10.0 Å². The van der Waals surface area contributed by atoms with E-state index in [0.717, 1.165) is 5.56 Å². The molecule has 0 fully saturated rings. The second-order valence-corrected chi connectivity index (χ2v) is 4.31. The van der Waals surface area contributed by atoms with Gasteiger partial charge in [-0.2, -0.15) is 0 Å². The molecule has 0 amide bonds. The van der Waals surface area contributed by atoms with E-state index in [9.17, 15) is 0 Å². The van der Waals surface area contributed by atoms with E-state index in [1.807, 2.05) is 12.1 Å². The zero-order valence-electron chi connectivity index (χ0n) is 10.0. The quantitative estimate of drug-likeness (QED) is 0.764. The molecule has 0 saturated heterocycles. The molecule has 2 N–H and O–H groups in total. The summed E-state index contributed by atoms with van der Waals surface area (Å²) in [5.74, 6) is 0. The topological polar surface area (TPSA) is 40.5 Å². The molecule has 0 atom stereocenters. The molecule has 0 saturated carbocycles. The van der Waals surface area contributed by atoms with Crippen molar-refractivity contribution in [2.45, 2.75) is 13.8 Å². The summed E-state index contributed by atoms with van der Waals surface area (Å²) in [6, 6.07) is 13.6. The van der Waals surface area contributed by atoms with Gasteiger partial charge in [-0.25, -0.2) is 0 Å². The van der Waals surface area contributed by atoms with Gasteiger partial charge in [0.2, 0.25) is 0 Å². The maximum atomic E-state index is 9.04. The minimum atomic E-state index is -1.40. The van der Waals surface area contributed by atoms with Crippen molar-refractivity contribution in [1.82, 2.24) is 0 Å². The standard InChI is InChI=1S/C14H15BO2/c1-10-3-4-11(2)14(9-10)12-5-7-13(8-6-12)15(16)17/h3-9,16-17H,1-2H3. The zero-order chi connectivity index (χ0) is 12.4. The Morgan fingerprint density at radius 2 is 1.53 bits per heavy atom. The van der Waals surface area contributed by atoms with Crippen molar-refractivity contribution < 1.29 is 10.0 Å². The number of benzene rings is 2. The van der Waals surface area contributed by atoms with Gasteiger partial charge in [-0.15, -0.1) is 0 Å². The molecule has 2 aromatic carbocycles. The average molecular weight is 226 g/mol. The van der Waals surface area contributed by atoms with Crippen LogP contribution in [-0.2, 0) is 0 Å². The van der Waals surface area contributed by atoms with E-state index in [1.54, 1.807) is 12.1 Å². The van der Waals surface area contributed by atoms with Crippen LogP contribution in [0.15, 0.2) is 42.5 Å². The molecule has 2 rings (SSSR count). The van der Waals surface area contributed by atoms with Crippen LogP contribution in [0.2, 0.25) is 0 Å². The van der Waals surface area contributed by atoms with Crippen molar-refractivity contribution in [2.75, 3.05) is 0 Å². The highest BCUT2D eigenvalue weighted by Gasteiger charge is 2.10. The number of aryl methyl sites for hydroxylation is 2. The molecule has 3 heteroatoms. The first kappa shape index (κ1) is 11.9. The Hall–Kier alpha value is -1.58. The van der Waals surface area contributed by atoms with Crippen LogP contribution in [0.4, 0.5) is 0 Å². The van der Waals surface area contributed by atoms with E-state index < -0.39 is 7.12 Å². The molecule has 86 valence electrons. The Morgan fingerprint density at radius 3 is 2.12 bits per heavy atom. The highest BCUT2D eigenvalue weighted by atomic mass is 16.4. The molecular formula is C14H15BO2. The SMILES string of the molecule is Cc1ccc(C)c(-c2ccc(B(O)O)cc2)c1. The van der Waals surface area contributed by atoms with Crippen molar-refractivity contribution in [1.29, 1.82) is 0 Å². The third kappa shape index (κ3) is 2.57. The summed E-state index contributed by atoms with van der Waals surface area (Å²) in [6.45, 7) is 4.14.